The van der Waals surface area contributed by atoms with Gasteiger partial charge in [-0.1, -0.05) is 195 Å². The number of methoxy groups -OCH3 is 4. The molecule has 4 aromatic carbocycles. The van der Waals surface area contributed by atoms with Crippen LogP contribution in [0.3, 0.4) is 0 Å². The molecule has 18 atom stereocenters. The van der Waals surface area contributed by atoms with Crippen LogP contribution in [0, 0.1) is 71.0 Å². The number of hydrogen-bond acceptors (Lipinski definition) is 18. The lowest BCUT2D eigenvalue weighted by Gasteiger charge is -2.41. The largest absolute Gasteiger partial charge is 0.399 e. The molecule has 2 saturated heterocycles. The fourth-order valence-electron chi connectivity index (χ4n) is 19.3. The first kappa shape index (κ1) is 106. The minimum atomic E-state index is -0.614. The maximum Gasteiger partial charge on any atom is 0.226 e. The lowest BCUT2D eigenvalue weighted by molar-refractivity contribution is -0.149. The van der Waals surface area contributed by atoms with Crippen molar-refractivity contribution in [1.29, 1.82) is 0 Å². The van der Waals surface area contributed by atoms with Gasteiger partial charge >= 0.3 is 0 Å². The Labute approximate surface area is 744 Å². The third-order valence-electron chi connectivity index (χ3n) is 26.6. The summed E-state index contributed by atoms with van der Waals surface area (Å²) in [5, 5.41) is 0. The molecule has 2 aliphatic rings. The van der Waals surface area contributed by atoms with Gasteiger partial charge in [-0.15, -0.1) is 0 Å². The topological polar surface area (TPSA) is 286 Å². The normalized spacial score (nSPS) is 18.2. The average molecular weight is 1720 g/mol. The van der Waals surface area contributed by atoms with Gasteiger partial charge in [0.05, 0.1) is 73.5 Å². The zero-order valence-corrected chi connectivity index (χ0v) is 80.3. The van der Waals surface area contributed by atoms with E-state index in [9.17, 15) is 47.9 Å². The Morgan fingerprint density at radius 2 is 0.702 bits per heavy atom. The van der Waals surface area contributed by atoms with Gasteiger partial charge < -0.3 is 59.8 Å². The van der Waals surface area contributed by atoms with Crippen LogP contribution in [0.4, 0.5) is 11.4 Å². The number of amides is 6. The number of nitrogens with zero attached hydrogens (tertiary/aromatic N) is 8. The Bertz CT molecular complexity index is 3710. The summed E-state index contributed by atoms with van der Waals surface area (Å²) in [6, 6.07) is 32.1. The van der Waals surface area contributed by atoms with Crippen LogP contribution in [-0.4, -0.2) is 256 Å². The highest BCUT2D eigenvalue weighted by Gasteiger charge is 2.47. The molecule has 0 radical (unpaired) electrons. The van der Waals surface area contributed by atoms with E-state index in [2.05, 4.69) is 27.7 Å². The van der Waals surface area contributed by atoms with E-state index >= 15 is 0 Å². The number of Topliss-reactive ketones (excluding diaryl/α,β-unsaturated/α-hetero) is 4. The third-order valence-corrected chi connectivity index (χ3v) is 26.6. The summed E-state index contributed by atoms with van der Waals surface area (Å²) in [5.41, 5.74) is 16.9. The molecule has 24 nitrogen and oxygen atoms in total. The number of benzene rings is 4. The van der Waals surface area contributed by atoms with E-state index in [-0.39, 0.29) is 157 Å². The molecule has 692 valence electrons. The summed E-state index contributed by atoms with van der Waals surface area (Å²) >= 11 is 0. The highest BCUT2D eigenvalue weighted by atomic mass is 16.5. The van der Waals surface area contributed by atoms with Gasteiger partial charge in [-0.05, 0) is 149 Å². The molecule has 2 heterocycles. The van der Waals surface area contributed by atoms with E-state index < -0.39 is 72.0 Å². The van der Waals surface area contributed by atoms with Crippen LogP contribution in [0.25, 0.3) is 0 Å². The number of nitrogen functional groups attached to an aromatic ring is 2. The molecule has 0 bridgehead atoms. The van der Waals surface area contributed by atoms with Crippen LogP contribution in [0.2, 0.25) is 0 Å². The Morgan fingerprint density at radius 3 is 0.968 bits per heavy atom. The first-order valence-electron chi connectivity index (χ1n) is 45.5. The second kappa shape index (κ2) is 51.5. The van der Waals surface area contributed by atoms with Crippen molar-refractivity contribution in [2.24, 2.45) is 71.0 Å². The minimum absolute atomic E-state index is 0.00813. The molecule has 124 heavy (non-hydrogen) atoms. The SMILES string of the molecule is CC[C@H](C)[C@@H]([C@@H](CC(=O)N1CCC[C@H]1[C@H](OC)[C@@H](C)C(=O)CC(Cc1ccccc1)C(=O)N(C)Cc1ccc(N)cc1)OC)N(C)C(=O)[C@@H](CC(=O)[C@H](C(C)C)N(C)C)C(C)C.CC[C@H](C)[C@@H]([C@@H](CC(=O)N1CCC[C@H]1[C@H](OC)[C@@H](C)C(=O)C[C@@H](Cc1ccccc1)C(=O)N(C)Cc1ccc(N)cc1)OC)N(C)C(=O)[C@@H](CC(=O)[C@H](C(C)C)N(C)C)C(C)C. The molecule has 2 aliphatic heterocycles. The number of likely N-dealkylation sites (N-methyl/N-ethyl adjacent to an activating group) is 4. The van der Waals surface area contributed by atoms with Gasteiger partial charge in [-0.25, -0.2) is 0 Å². The Kier molecular flexibility index (Phi) is 44.2. The molecule has 1 unspecified atom stereocenters. The molecule has 6 amide bonds. The molecule has 6 rings (SSSR count). The van der Waals surface area contributed by atoms with Gasteiger partial charge in [-0.3, -0.25) is 57.7 Å². The van der Waals surface area contributed by atoms with Crippen LogP contribution in [-0.2, 0) is 92.8 Å². The second-order valence-electron chi connectivity index (χ2n) is 37.5. The van der Waals surface area contributed by atoms with E-state index in [0.717, 1.165) is 47.9 Å². The number of carbonyl (C=O) groups is 10. The first-order valence-corrected chi connectivity index (χ1v) is 45.5. The van der Waals surface area contributed by atoms with Crippen molar-refractivity contribution in [2.45, 2.75) is 261 Å². The Hall–Kier alpha value is -8.26. The Morgan fingerprint density at radius 1 is 0.387 bits per heavy atom. The van der Waals surface area contributed by atoms with E-state index in [4.69, 9.17) is 30.4 Å². The lowest BCUT2D eigenvalue weighted by atomic mass is 9.83. The Balaban J connectivity index is 0.000000440. The molecular weight excluding hydrogens is 1570 g/mol. The van der Waals surface area contributed by atoms with Gasteiger partial charge in [0.25, 0.3) is 0 Å². The number of ketones is 4. The average Bonchev–Trinajstić information content (AvgIpc) is 1.43. The molecule has 4 N–H and O–H groups in total. The van der Waals surface area contributed by atoms with Crippen molar-refractivity contribution >= 4 is 70.0 Å². The van der Waals surface area contributed by atoms with Gasteiger partial charge in [0.1, 0.15) is 11.6 Å². The fraction of sp³-hybridized carbons (Fsp3) is 0.660. The van der Waals surface area contributed by atoms with Crippen LogP contribution in [0.1, 0.15) is 196 Å². The fourth-order valence-corrected chi connectivity index (χ4v) is 19.3. The number of rotatable bonds is 50. The number of carbonyl (C=O) groups excluding carboxylic acids is 10. The maximum atomic E-state index is 14.4. The highest BCUT2D eigenvalue weighted by molar-refractivity contribution is 5.92. The van der Waals surface area contributed by atoms with E-state index in [0.29, 0.717) is 63.2 Å². The van der Waals surface area contributed by atoms with Crippen LogP contribution in [0.5, 0.6) is 0 Å². The number of nitrogens with two attached hydrogens (primary N) is 2. The summed E-state index contributed by atoms with van der Waals surface area (Å²) in [4.78, 5) is 156. The number of anilines is 2. The first-order chi connectivity index (χ1) is 58.5. The molecule has 24 heteroatoms. The van der Waals surface area contributed by atoms with Crippen molar-refractivity contribution in [2.75, 3.05) is 109 Å². The minimum Gasteiger partial charge on any atom is -0.399 e. The van der Waals surface area contributed by atoms with Crippen LogP contribution >= 0.6 is 0 Å². The summed E-state index contributed by atoms with van der Waals surface area (Å²) in [7, 11) is 21.0. The van der Waals surface area contributed by atoms with E-state index in [1.54, 1.807) is 76.2 Å². The molecule has 4 aromatic rings. The smallest absolute Gasteiger partial charge is 0.226 e. The maximum absolute atomic E-state index is 14.4. The molecule has 0 aromatic heterocycles. The zero-order valence-electron chi connectivity index (χ0n) is 80.3. The van der Waals surface area contributed by atoms with Crippen molar-refractivity contribution in [3.8, 4) is 0 Å². The second-order valence-corrected chi connectivity index (χ2v) is 37.5. The summed E-state index contributed by atoms with van der Waals surface area (Å²) in [6.07, 6.45) is 3.14. The van der Waals surface area contributed by atoms with Gasteiger partial charge in [0, 0.05) is 155 Å². The highest BCUT2D eigenvalue weighted by Crippen LogP contribution is 2.36. The number of ether oxygens (including phenoxy) is 4. The molecular formula is C100H158N10O14. The van der Waals surface area contributed by atoms with Crippen molar-refractivity contribution in [1.82, 2.24) is 39.2 Å². The quantitative estimate of drug-likeness (QED) is 0.0388. The van der Waals surface area contributed by atoms with Gasteiger partial charge in [-0.2, -0.15) is 0 Å². The standard InChI is InChI=1S/2C50H79N5O7/c2*1-14-34(6)47(54(11)50(60)40(32(2)3)29-43(57)46(33(4)5)52(8)9)44(61-12)30-45(58)55-26-18-21-41(55)48(62-13)35(7)42(56)28-38(27-36-19-16-15-17-20-36)49(59)53(10)31-37-22-24-39(51)25-23-37/h2*15-17,19-20,22-25,32-35,38,40-41,44,46-48H,14,18,21,26-31,51H2,1-13H3/t34-,35-,38?,40-,41-,44+,46-,47-,48+;34-,35-,38+,40-,41-,44+,46-,47-,48+/m00/s1. The molecule has 0 aliphatic carbocycles. The number of hydrogen-bond donors (Lipinski definition) is 2. The van der Waals surface area contributed by atoms with Gasteiger partial charge in [0.15, 0.2) is 11.6 Å². The number of likely N-dealkylation sites (tertiary alicyclic amines) is 2. The van der Waals surface area contributed by atoms with Crippen LogP contribution < -0.4 is 11.5 Å². The third kappa shape index (κ3) is 29.9. The zero-order chi connectivity index (χ0) is 92.8. The van der Waals surface area contributed by atoms with Crippen molar-refractivity contribution in [3.05, 3.63) is 131 Å². The monoisotopic (exact) mass is 1720 g/mol. The molecule has 0 saturated carbocycles. The molecule has 0 spiro atoms. The van der Waals surface area contributed by atoms with E-state index in [1.165, 1.54) is 0 Å². The summed E-state index contributed by atoms with van der Waals surface area (Å²) < 4.78 is 24.4. The summed E-state index contributed by atoms with van der Waals surface area (Å²) in [6.45, 7) is 29.7. The summed E-state index contributed by atoms with van der Waals surface area (Å²) in [5.74, 6) is -4.25. The van der Waals surface area contributed by atoms with Crippen LogP contribution in [0.15, 0.2) is 109 Å². The van der Waals surface area contributed by atoms with Gasteiger partial charge in [0.2, 0.25) is 35.4 Å². The van der Waals surface area contributed by atoms with Crippen molar-refractivity contribution < 1.29 is 66.9 Å². The predicted octanol–water partition coefficient (Wildman–Crippen LogP) is 13.6. The molecule has 2 fully saturated rings. The van der Waals surface area contributed by atoms with E-state index in [1.807, 2.05) is 226 Å². The lowest BCUT2D eigenvalue weighted by Crippen LogP contribution is -2.54. The predicted molar refractivity (Wildman–Crippen MR) is 494 cm³/mol. The van der Waals surface area contributed by atoms with Crippen molar-refractivity contribution in [3.63, 3.8) is 0 Å².